The van der Waals surface area contributed by atoms with Crippen molar-refractivity contribution in [3.05, 3.63) is 46.8 Å². The fraction of sp³-hybridized carbons (Fsp3) is 0.0714. The van der Waals surface area contributed by atoms with Gasteiger partial charge in [0.25, 0.3) is 11.5 Å². The molecule has 0 aliphatic carbocycles. The average Bonchev–Trinajstić information content (AvgIpc) is 2.91. The maximum Gasteiger partial charge on any atom is 0.275 e. The van der Waals surface area contributed by atoms with E-state index in [1.165, 1.54) is 23.3 Å². The number of H-pyrrole nitrogens is 2. The van der Waals surface area contributed by atoms with Crippen LogP contribution in [0.25, 0.3) is 21.9 Å². The van der Waals surface area contributed by atoms with Crippen molar-refractivity contribution in [2.45, 2.75) is 5.16 Å². The zero-order valence-electron chi connectivity index (χ0n) is 11.3. The van der Waals surface area contributed by atoms with E-state index in [0.29, 0.717) is 21.9 Å². The molecule has 0 atom stereocenters. The Kier molecular flexibility index (Phi) is 3.94. The number of para-hydroxylation sites is 1. The SMILES string of the molecule is O=C(/C=C/CSc1nc2c([nH]c3ccccc32)c(=O)[nH]1)NO. The van der Waals surface area contributed by atoms with Crippen LogP contribution in [0.15, 0.2) is 46.4 Å². The maximum atomic E-state index is 12.1. The molecule has 0 spiro atoms. The van der Waals surface area contributed by atoms with Crippen LogP contribution in [0.3, 0.4) is 0 Å². The number of hydrogen-bond acceptors (Lipinski definition) is 5. The number of nitrogens with zero attached hydrogens (tertiary/aromatic N) is 1. The van der Waals surface area contributed by atoms with Gasteiger partial charge < -0.3 is 4.98 Å². The van der Waals surface area contributed by atoms with Crippen molar-refractivity contribution in [1.82, 2.24) is 20.4 Å². The van der Waals surface area contributed by atoms with Crippen molar-refractivity contribution in [2.24, 2.45) is 0 Å². The third-order valence-electron chi connectivity index (χ3n) is 3.04. The monoisotopic (exact) mass is 316 g/mol. The van der Waals surface area contributed by atoms with Crippen LogP contribution in [0.1, 0.15) is 0 Å². The van der Waals surface area contributed by atoms with Gasteiger partial charge in [-0.2, -0.15) is 0 Å². The molecular formula is C14H12N4O3S. The molecule has 0 saturated heterocycles. The summed E-state index contributed by atoms with van der Waals surface area (Å²) in [5.41, 5.74) is 3.19. The Morgan fingerprint density at radius 1 is 1.36 bits per heavy atom. The largest absolute Gasteiger partial charge is 0.349 e. The second kappa shape index (κ2) is 6.04. The summed E-state index contributed by atoms with van der Waals surface area (Å²) in [7, 11) is 0. The van der Waals surface area contributed by atoms with E-state index in [4.69, 9.17) is 5.21 Å². The van der Waals surface area contributed by atoms with E-state index in [0.717, 1.165) is 10.9 Å². The highest BCUT2D eigenvalue weighted by Gasteiger charge is 2.10. The van der Waals surface area contributed by atoms with Crippen LogP contribution in [0, 0.1) is 0 Å². The Morgan fingerprint density at radius 3 is 3.00 bits per heavy atom. The average molecular weight is 316 g/mol. The summed E-state index contributed by atoms with van der Waals surface area (Å²) in [5, 5.41) is 9.72. The highest BCUT2D eigenvalue weighted by molar-refractivity contribution is 7.99. The third kappa shape index (κ3) is 2.74. The summed E-state index contributed by atoms with van der Waals surface area (Å²) in [6.07, 6.45) is 2.77. The summed E-state index contributed by atoms with van der Waals surface area (Å²) in [4.78, 5) is 33.1. The number of fused-ring (bicyclic) bond motifs is 3. The maximum absolute atomic E-state index is 12.1. The van der Waals surface area contributed by atoms with E-state index in [-0.39, 0.29) is 5.56 Å². The first-order valence-corrected chi connectivity index (χ1v) is 7.42. The van der Waals surface area contributed by atoms with Crippen molar-refractivity contribution in [3.8, 4) is 0 Å². The van der Waals surface area contributed by atoms with Gasteiger partial charge in [0.05, 0.1) is 0 Å². The number of aromatic nitrogens is 3. The zero-order chi connectivity index (χ0) is 15.5. The molecule has 3 aromatic rings. The highest BCUT2D eigenvalue weighted by atomic mass is 32.2. The van der Waals surface area contributed by atoms with Crippen LogP contribution in [0.2, 0.25) is 0 Å². The van der Waals surface area contributed by atoms with Crippen molar-refractivity contribution in [2.75, 3.05) is 5.75 Å². The molecule has 0 aliphatic heterocycles. The van der Waals surface area contributed by atoms with Gasteiger partial charge >= 0.3 is 0 Å². The summed E-state index contributed by atoms with van der Waals surface area (Å²) in [6, 6.07) is 7.57. The fourth-order valence-corrected chi connectivity index (χ4v) is 2.76. The minimum atomic E-state index is -0.603. The van der Waals surface area contributed by atoms with Crippen LogP contribution in [0.5, 0.6) is 0 Å². The van der Waals surface area contributed by atoms with Crippen LogP contribution in [-0.2, 0) is 4.79 Å². The van der Waals surface area contributed by atoms with Crippen LogP contribution >= 0.6 is 11.8 Å². The van der Waals surface area contributed by atoms with Crippen LogP contribution in [-0.4, -0.2) is 31.8 Å². The Labute approximate surface area is 128 Å². The van der Waals surface area contributed by atoms with Gasteiger partial charge in [-0.15, -0.1) is 0 Å². The number of amides is 1. The van der Waals surface area contributed by atoms with Crippen LogP contribution in [0.4, 0.5) is 0 Å². The molecule has 2 heterocycles. The Bertz CT molecular complexity index is 929. The lowest BCUT2D eigenvalue weighted by atomic mass is 10.2. The number of rotatable bonds is 4. The van der Waals surface area contributed by atoms with Gasteiger partial charge in [-0.3, -0.25) is 19.8 Å². The summed E-state index contributed by atoms with van der Waals surface area (Å²) < 4.78 is 0. The fourth-order valence-electron chi connectivity index (χ4n) is 2.08. The quantitative estimate of drug-likeness (QED) is 0.192. The molecule has 1 amide bonds. The Hall–Kier alpha value is -2.58. The molecular weight excluding hydrogens is 304 g/mol. The first-order valence-electron chi connectivity index (χ1n) is 6.43. The lowest BCUT2D eigenvalue weighted by Crippen LogP contribution is -2.15. The van der Waals surface area contributed by atoms with E-state index in [1.807, 2.05) is 24.3 Å². The van der Waals surface area contributed by atoms with E-state index < -0.39 is 5.91 Å². The molecule has 3 rings (SSSR count). The Morgan fingerprint density at radius 2 is 2.18 bits per heavy atom. The number of thioether (sulfide) groups is 1. The van der Waals surface area contributed by atoms with Gasteiger partial charge in [-0.1, -0.05) is 36.0 Å². The molecule has 0 saturated carbocycles. The highest BCUT2D eigenvalue weighted by Crippen LogP contribution is 2.23. The van der Waals surface area contributed by atoms with Gasteiger partial charge in [-0.05, 0) is 6.07 Å². The molecule has 2 aromatic heterocycles. The van der Waals surface area contributed by atoms with Crippen molar-refractivity contribution >= 4 is 39.6 Å². The molecule has 4 N–H and O–H groups in total. The second-order valence-corrected chi connectivity index (χ2v) is 5.46. The summed E-state index contributed by atoms with van der Waals surface area (Å²) in [5.74, 6) is -0.168. The molecule has 0 aliphatic rings. The molecule has 22 heavy (non-hydrogen) atoms. The van der Waals surface area contributed by atoms with Gasteiger partial charge in [0.1, 0.15) is 11.0 Å². The number of carbonyl (C=O) groups is 1. The van der Waals surface area contributed by atoms with Gasteiger partial charge in [0, 0.05) is 22.7 Å². The summed E-state index contributed by atoms with van der Waals surface area (Å²) >= 11 is 1.28. The number of hydrogen-bond donors (Lipinski definition) is 4. The first kappa shape index (κ1) is 14.4. The van der Waals surface area contributed by atoms with E-state index in [9.17, 15) is 9.59 Å². The number of aromatic amines is 2. The van der Waals surface area contributed by atoms with E-state index >= 15 is 0 Å². The predicted molar refractivity (Wildman–Crippen MR) is 84.0 cm³/mol. The number of hydroxylamine groups is 1. The van der Waals surface area contributed by atoms with Gasteiger partial charge in [-0.25, -0.2) is 10.5 Å². The minimum Gasteiger partial charge on any atom is -0.349 e. The number of nitrogens with one attached hydrogen (secondary N) is 3. The molecule has 0 bridgehead atoms. The number of benzene rings is 1. The standard InChI is InChI=1S/C14H12N4O3S/c19-10(18-21)6-3-7-22-14-16-11-8-4-1-2-5-9(8)15-12(11)13(20)17-14/h1-6,15,21H,7H2,(H,18,19)(H,16,17,20)/b6-3+. The molecule has 7 nitrogen and oxygen atoms in total. The smallest absolute Gasteiger partial charge is 0.275 e. The molecule has 112 valence electrons. The zero-order valence-corrected chi connectivity index (χ0v) is 12.1. The normalized spacial score (nSPS) is 11.5. The van der Waals surface area contributed by atoms with Crippen molar-refractivity contribution in [1.29, 1.82) is 0 Å². The van der Waals surface area contributed by atoms with Gasteiger partial charge in [0.15, 0.2) is 5.16 Å². The lowest BCUT2D eigenvalue weighted by molar-refractivity contribution is -0.124. The van der Waals surface area contributed by atoms with Crippen molar-refractivity contribution < 1.29 is 10.0 Å². The van der Waals surface area contributed by atoms with E-state index in [1.54, 1.807) is 6.08 Å². The number of carbonyl (C=O) groups excluding carboxylic acids is 1. The lowest BCUT2D eigenvalue weighted by Gasteiger charge is -1.98. The first-order chi connectivity index (χ1) is 10.7. The Balaban J connectivity index is 1.91. The molecule has 1 aromatic carbocycles. The molecule has 0 unspecified atom stereocenters. The topological polar surface area (TPSA) is 111 Å². The second-order valence-electron chi connectivity index (χ2n) is 4.45. The van der Waals surface area contributed by atoms with Crippen LogP contribution < -0.4 is 11.0 Å². The van der Waals surface area contributed by atoms with E-state index in [2.05, 4.69) is 15.0 Å². The van der Waals surface area contributed by atoms with Crippen molar-refractivity contribution in [3.63, 3.8) is 0 Å². The molecule has 8 heteroatoms. The third-order valence-corrected chi connectivity index (χ3v) is 3.86. The summed E-state index contributed by atoms with van der Waals surface area (Å²) in [6.45, 7) is 0. The molecule has 0 fully saturated rings. The predicted octanol–water partition coefficient (Wildman–Crippen LogP) is 1.56. The minimum absolute atomic E-state index is 0.235. The van der Waals surface area contributed by atoms with Gasteiger partial charge in [0.2, 0.25) is 0 Å². The molecule has 0 radical (unpaired) electrons.